The summed E-state index contributed by atoms with van der Waals surface area (Å²) in [4.78, 5) is 10.0. The van der Waals surface area contributed by atoms with Crippen LogP contribution in [0.15, 0.2) is 22.7 Å². The van der Waals surface area contributed by atoms with Crippen LogP contribution in [-0.2, 0) is 0 Å². The summed E-state index contributed by atoms with van der Waals surface area (Å²) in [6.07, 6.45) is -0.714. The molecule has 0 heterocycles. The Morgan fingerprint density at radius 3 is 2.69 bits per heavy atom. The van der Waals surface area contributed by atoms with E-state index in [1.807, 2.05) is 0 Å². The van der Waals surface area contributed by atoms with Crippen LogP contribution in [0.25, 0.3) is 0 Å². The lowest BCUT2D eigenvalue weighted by Gasteiger charge is -2.06. The van der Waals surface area contributed by atoms with Gasteiger partial charge >= 0.3 is 0 Å². The van der Waals surface area contributed by atoms with Crippen LogP contribution in [0.1, 0.15) is 18.6 Å². The van der Waals surface area contributed by atoms with Gasteiger partial charge in [-0.15, -0.1) is 0 Å². The van der Waals surface area contributed by atoms with Crippen molar-refractivity contribution in [1.29, 1.82) is 0 Å². The largest absolute Gasteiger partial charge is 0.389 e. The first kappa shape index (κ1) is 10.1. The highest BCUT2D eigenvalue weighted by molar-refractivity contribution is 9.10. The van der Waals surface area contributed by atoms with Crippen molar-refractivity contribution in [2.75, 3.05) is 0 Å². The molecule has 0 radical (unpaired) electrons. The lowest BCUT2D eigenvalue weighted by atomic mass is 10.1. The zero-order valence-corrected chi connectivity index (χ0v) is 8.48. The van der Waals surface area contributed by atoms with Crippen LogP contribution in [0, 0.1) is 10.1 Å². The molecular weight excluding hydrogens is 238 g/mol. The van der Waals surface area contributed by atoms with E-state index < -0.39 is 11.0 Å². The van der Waals surface area contributed by atoms with Gasteiger partial charge in [-0.25, -0.2) is 0 Å². The number of benzene rings is 1. The van der Waals surface area contributed by atoms with Crippen molar-refractivity contribution in [3.8, 4) is 0 Å². The number of aliphatic hydroxyl groups is 1. The van der Waals surface area contributed by atoms with Gasteiger partial charge in [0.25, 0.3) is 5.69 Å². The third-order valence-corrected chi connectivity index (χ3v) is 2.52. The van der Waals surface area contributed by atoms with Crippen molar-refractivity contribution in [3.63, 3.8) is 0 Å². The van der Waals surface area contributed by atoms with Gasteiger partial charge in [0, 0.05) is 11.6 Å². The van der Waals surface area contributed by atoms with Crippen molar-refractivity contribution >= 4 is 21.6 Å². The van der Waals surface area contributed by atoms with Gasteiger partial charge in [-0.05, 0) is 22.9 Å². The van der Waals surface area contributed by atoms with Crippen LogP contribution in [0.3, 0.4) is 0 Å². The summed E-state index contributed by atoms with van der Waals surface area (Å²) < 4.78 is 0.343. The molecule has 0 saturated carbocycles. The maximum atomic E-state index is 10.5. The molecular formula is C8H8BrNO3. The van der Waals surface area contributed by atoms with Crippen molar-refractivity contribution < 1.29 is 10.0 Å². The van der Waals surface area contributed by atoms with Crippen LogP contribution >= 0.6 is 15.9 Å². The first-order valence-electron chi connectivity index (χ1n) is 3.65. The predicted molar refractivity (Wildman–Crippen MR) is 51.4 cm³/mol. The summed E-state index contributed by atoms with van der Waals surface area (Å²) in [7, 11) is 0. The van der Waals surface area contributed by atoms with Crippen molar-refractivity contribution in [2.24, 2.45) is 0 Å². The topological polar surface area (TPSA) is 63.4 Å². The van der Waals surface area contributed by atoms with Crippen LogP contribution in [0.2, 0.25) is 0 Å². The Balaban J connectivity index is 3.26. The zero-order chi connectivity index (χ0) is 10.0. The van der Waals surface area contributed by atoms with E-state index in [1.165, 1.54) is 6.07 Å². The molecule has 1 N–H and O–H groups in total. The molecule has 1 aromatic carbocycles. The number of hydrogen-bond acceptors (Lipinski definition) is 3. The standard InChI is InChI=1S/C8H8BrNO3/c1-5(11)6-3-2-4-7(8(6)9)10(12)13/h2-5,11H,1H3/t5-/m1/s1. The second-order valence-electron chi connectivity index (χ2n) is 2.61. The SMILES string of the molecule is C[C@@H](O)c1cccc([N+](=O)[O-])c1Br. The molecule has 5 heteroatoms. The van der Waals surface area contributed by atoms with E-state index >= 15 is 0 Å². The van der Waals surface area contributed by atoms with Gasteiger partial charge in [-0.1, -0.05) is 12.1 Å². The number of rotatable bonds is 2. The minimum absolute atomic E-state index is 0.0293. The Hall–Kier alpha value is -0.940. The number of nitro groups is 1. The minimum Gasteiger partial charge on any atom is -0.389 e. The third kappa shape index (κ3) is 2.05. The van der Waals surface area contributed by atoms with Gasteiger partial charge in [-0.2, -0.15) is 0 Å². The predicted octanol–water partition coefficient (Wildman–Crippen LogP) is 2.41. The summed E-state index contributed by atoms with van der Waals surface area (Å²) in [6, 6.07) is 4.57. The summed E-state index contributed by atoms with van der Waals surface area (Å²) in [6.45, 7) is 1.56. The van der Waals surface area contributed by atoms with E-state index in [0.29, 0.717) is 10.0 Å². The fraction of sp³-hybridized carbons (Fsp3) is 0.250. The summed E-state index contributed by atoms with van der Waals surface area (Å²) in [5.41, 5.74) is 0.493. The summed E-state index contributed by atoms with van der Waals surface area (Å²) >= 11 is 3.08. The highest BCUT2D eigenvalue weighted by atomic mass is 79.9. The molecule has 1 atom stereocenters. The van der Waals surface area contributed by atoms with Crippen molar-refractivity contribution in [2.45, 2.75) is 13.0 Å². The molecule has 0 aliphatic heterocycles. The molecule has 0 aliphatic rings. The number of halogens is 1. The van der Waals surface area contributed by atoms with Gasteiger partial charge in [0.05, 0.1) is 11.0 Å². The average Bonchev–Trinajstić information content (AvgIpc) is 2.03. The Bertz CT molecular complexity index is 338. The average molecular weight is 246 g/mol. The maximum absolute atomic E-state index is 10.5. The van der Waals surface area contributed by atoms with Crippen LogP contribution in [0.5, 0.6) is 0 Å². The minimum atomic E-state index is -0.714. The van der Waals surface area contributed by atoms with Crippen LogP contribution in [-0.4, -0.2) is 10.0 Å². The number of hydrogen-bond donors (Lipinski definition) is 1. The zero-order valence-electron chi connectivity index (χ0n) is 6.90. The second kappa shape index (κ2) is 3.85. The Kier molecular flexibility index (Phi) is 3.00. The van der Waals surface area contributed by atoms with E-state index in [1.54, 1.807) is 19.1 Å². The Labute approximate surface area is 83.5 Å². The quantitative estimate of drug-likeness (QED) is 0.643. The van der Waals surface area contributed by atoms with E-state index in [2.05, 4.69) is 15.9 Å². The Morgan fingerprint density at radius 2 is 2.23 bits per heavy atom. The fourth-order valence-electron chi connectivity index (χ4n) is 1.00. The number of nitro benzene ring substituents is 1. The highest BCUT2D eigenvalue weighted by Gasteiger charge is 2.16. The maximum Gasteiger partial charge on any atom is 0.283 e. The molecule has 0 saturated heterocycles. The summed E-state index contributed by atoms with van der Waals surface area (Å²) in [5, 5.41) is 19.7. The molecule has 0 unspecified atom stereocenters. The second-order valence-corrected chi connectivity index (χ2v) is 3.41. The molecule has 0 amide bonds. The smallest absolute Gasteiger partial charge is 0.283 e. The molecule has 13 heavy (non-hydrogen) atoms. The molecule has 0 aromatic heterocycles. The van der Waals surface area contributed by atoms with E-state index in [9.17, 15) is 15.2 Å². The number of nitrogens with zero attached hydrogens (tertiary/aromatic N) is 1. The van der Waals surface area contributed by atoms with Gasteiger partial charge in [0.15, 0.2) is 0 Å². The first-order valence-corrected chi connectivity index (χ1v) is 4.44. The molecule has 0 fully saturated rings. The highest BCUT2D eigenvalue weighted by Crippen LogP contribution is 2.31. The Morgan fingerprint density at radius 1 is 1.62 bits per heavy atom. The summed E-state index contributed by atoms with van der Waals surface area (Å²) in [5.74, 6) is 0. The monoisotopic (exact) mass is 245 g/mol. The lowest BCUT2D eigenvalue weighted by Crippen LogP contribution is -1.96. The fourth-order valence-corrected chi connectivity index (χ4v) is 1.74. The molecule has 0 bridgehead atoms. The van der Waals surface area contributed by atoms with Gasteiger partial charge in [-0.3, -0.25) is 10.1 Å². The normalized spacial score (nSPS) is 12.5. The molecule has 1 aromatic rings. The first-order chi connectivity index (χ1) is 6.04. The van der Waals surface area contributed by atoms with Gasteiger partial charge in [0.1, 0.15) is 4.47 Å². The molecule has 0 aliphatic carbocycles. The molecule has 0 spiro atoms. The number of aliphatic hydroxyl groups excluding tert-OH is 1. The van der Waals surface area contributed by atoms with E-state index in [4.69, 9.17) is 0 Å². The van der Waals surface area contributed by atoms with Crippen LogP contribution < -0.4 is 0 Å². The third-order valence-electron chi connectivity index (χ3n) is 1.65. The molecule has 70 valence electrons. The molecule has 4 nitrogen and oxygen atoms in total. The van der Waals surface area contributed by atoms with E-state index in [-0.39, 0.29) is 5.69 Å². The van der Waals surface area contributed by atoms with Crippen molar-refractivity contribution in [1.82, 2.24) is 0 Å². The van der Waals surface area contributed by atoms with Crippen LogP contribution in [0.4, 0.5) is 5.69 Å². The van der Waals surface area contributed by atoms with Gasteiger partial charge in [0.2, 0.25) is 0 Å². The van der Waals surface area contributed by atoms with E-state index in [0.717, 1.165) is 0 Å². The van der Waals surface area contributed by atoms with Crippen molar-refractivity contribution in [3.05, 3.63) is 38.3 Å². The lowest BCUT2D eigenvalue weighted by molar-refractivity contribution is -0.385. The molecule has 1 rings (SSSR count). The van der Waals surface area contributed by atoms with Gasteiger partial charge < -0.3 is 5.11 Å².